The number of fused-ring (bicyclic) bond motifs is 1. The fourth-order valence-electron chi connectivity index (χ4n) is 3.45. The summed E-state index contributed by atoms with van der Waals surface area (Å²) in [4.78, 5) is 17.0. The van der Waals surface area contributed by atoms with E-state index >= 15 is 0 Å². The number of para-hydroxylation sites is 1. The largest absolute Gasteiger partial charge is 0.480 e. The first-order chi connectivity index (χ1) is 12.2. The number of nitrogens with zero attached hydrogens (tertiary/aromatic N) is 4. The Morgan fingerprint density at radius 2 is 1.96 bits per heavy atom. The number of anilines is 1. The summed E-state index contributed by atoms with van der Waals surface area (Å²) < 4.78 is 5.86. The number of hydrogen-bond acceptors (Lipinski definition) is 5. The predicted octanol–water partition coefficient (Wildman–Crippen LogP) is 1.83. The zero-order chi connectivity index (χ0) is 17.2. The van der Waals surface area contributed by atoms with Crippen LogP contribution in [-0.2, 0) is 11.2 Å². The minimum atomic E-state index is -0.386. The van der Waals surface area contributed by atoms with Gasteiger partial charge in [0.25, 0.3) is 5.91 Å². The molecule has 2 aliphatic rings. The van der Waals surface area contributed by atoms with E-state index in [4.69, 9.17) is 4.74 Å². The second kappa shape index (κ2) is 6.70. The molecule has 2 aliphatic heterocycles. The number of benzene rings is 1. The molecule has 0 bridgehead atoms. The minimum Gasteiger partial charge on any atom is -0.480 e. The number of aryl methyl sites for hydroxylation is 1. The van der Waals surface area contributed by atoms with Crippen LogP contribution in [0.3, 0.4) is 0 Å². The summed E-state index contributed by atoms with van der Waals surface area (Å²) in [6, 6.07) is 11.9. The Morgan fingerprint density at radius 1 is 1.08 bits per heavy atom. The van der Waals surface area contributed by atoms with Crippen LogP contribution >= 0.6 is 0 Å². The Hall–Kier alpha value is -2.63. The van der Waals surface area contributed by atoms with Crippen molar-refractivity contribution in [3.05, 3.63) is 47.7 Å². The molecule has 1 fully saturated rings. The van der Waals surface area contributed by atoms with Crippen molar-refractivity contribution in [3.8, 4) is 5.75 Å². The summed E-state index contributed by atoms with van der Waals surface area (Å²) in [7, 11) is 0. The molecule has 6 heteroatoms. The smallest absolute Gasteiger partial charge is 0.264 e. The van der Waals surface area contributed by atoms with E-state index in [1.165, 1.54) is 0 Å². The van der Waals surface area contributed by atoms with E-state index in [1.807, 2.05) is 48.2 Å². The predicted molar refractivity (Wildman–Crippen MR) is 94.7 cm³/mol. The third kappa shape index (κ3) is 3.29. The molecule has 1 aromatic heterocycles. The van der Waals surface area contributed by atoms with Crippen molar-refractivity contribution in [2.24, 2.45) is 0 Å². The molecule has 0 unspecified atom stereocenters. The number of amides is 1. The van der Waals surface area contributed by atoms with Gasteiger partial charge in [0.1, 0.15) is 5.75 Å². The van der Waals surface area contributed by atoms with Gasteiger partial charge in [0.15, 0.2) is 11.9 Å². The van der Waals surface area contributed by atoms with Crippen LogP contribution in [0.2, 0.25) is 0 Å². The zero-order valence-corrected chi connectivity index (χ0v) is 14.4. The lowest BCUT2D eigenvalue weighted by Gasteiger charge is -2.24. The van der Waals surface area contributed by atoms with Gasteiger partial charge >= 0.3 is 0 Å². The number of aromatic nitrogens is 2. The van der Waals surface area contributed by atoms with Gasteiger partial charge in [-0.25, -0.2) is 0 Å². The summed E-state index contributed by atoms with van der Waals surface area (Å²) in [6.07, 6.45) is 1.20. The monoisotopic (exact) mass is 338 g/mol. The molecule has 0 radical (unpaired) electrons. The summed E-state index contributed by atoms with van der Waals surface area (Å²) in [5.41, 5.74) is 2.03. The minimum absolute atomic E-state index is 0.0908. The van der Waals surface area contributed by atoms with Gasteiger partial charge in [-0.05, 0) is 37.1 Å². The van der Waals surface area contributed by atoms with Crippen LogP contribution in [0.4, 0.5) is 5.82 Å². The summed E-state index contributed by atoms with van der Waals surface area (Å²) >= 11 is 0. The number of carbonyl (C=O) groups is 1. The molecule has 4 rings (SSSR count). The molecule has 0 N–H and O–H groups in total. The maximum atomic E-state index is 12.9. The van der Waals surface area contributed by atoms with Crippen molar-refractivity contribution in [1.82, 2.24) is 15.1 Å². The highest BCUT2D eigenvalue weighted by molar-refractivity contribution is 5.82. The Kier molecular flexibility index (Phi) is 4.26. The van der Waals surface area contributed by atoms with E-state index in [9.17, 15) is 4.79 Å². The van der Waals surface area contributed by atoms with Crippen LogP contribution in [-0.4, -0.2) is 53.3 Å². The first-order valence-corrected chi connectivity index (χ1v) is 8.79. The van der Waals surface area contributed by atoms with E-state index in [-0.39, 0.29) is 12.0 Å². The van der Waals surface area contributed by atoms with Gasteiger partial charge in [0, 0.05) is 32.6 Å². The van der Waals surface area contributed by atoms with E-state index < -0.39 is 0 Å². The van der Waals surface area contributed by atoms with Gasteiger partial charge in [0.05, 0.1) is 5.69 Å². The summed E-state index contributed by atoms with van der Waals surface area (Å²) in [5.74, 6) is 1.81. The second-order valence-electron chi connectivity index (χ2n) is 6.62. The third-order valence-corrected chi connectivity index (χ3v) is 4.84. The van der Waals surface area contributed by atoms with Crippen molar-refractivity contribution in [2.45, 2.75) is 25.9 Å². The van der Waals surface area contributed by atoms with Crippen molar-refractivity contribution < 1.29 is 9.53 Å². The fourth-order valence-corrected chi connectivity index (χ4v) is 3.45. The SMILES string of the molecule is Cc1ccc(N2CCCN(C(=O)[C@@H]3Cc4ccccc4O3)CC2)nn1. The topological polar surface area (TPSA) is 58.6 Å². The molecule has 25 heavy (non-hydrogen) atoms. The normalized spacial score (nSPS) is 20.0. The molecule has 1 saturated heterocycles. The van der Waals surface area contributed by atoms with Crippen LogP contribution in [0, 0.1) is 6.92 Å². The second-order valence-corrected chi connectivity index (χ2v) is 6.62. The van der Waals surface area contributed by atoms with Crippen molar-refractivity contribution in [3.63, 3.8) is 0 Å². The Morgan fingerprint density at radius 3 is 2.76 bits per heavy atom. The van der Waals surface area contributed by atoms with Crippen LogP contribution in [0.15, 0.2) is 36.4 Å². The maximum Gasteiger partial charge on any atom is 0.264 e. The Balaban J connectivity index is 1.39. The molecule has 130 valence electrons. The molecular weight excluding hydrogens is 316 g/mol. The lowest BCUT2D eigenvalue weighted by molar-refractivity contribution is -0.137. The molecule has 1 atom stereocenters. The lowest BCUT2D eigenvalue weighted by Crippen LogP contribution is -2.43. The molecule has 3 heterocycles. The number of rotatable bonds is 2. The molecular formula is C19H22N4O2. The molecule has 0 aliphatic carbocycles. The van der Waals surface area contributed by atoms with Gasteiger partial charge in [0.2, 0.25) is 0 Å². The van der Waals surface area contributed by atoms with Gasteiger partial charge in [-0.2, -0.15) is 5.10 Å². The zero-order valence-electron chi connectivity index (χ0n) is 14.4. The standard InChI is InChI=1S/C19H22N4O2/c1-14-7-8-18(21-20-14)22-9-4-10-23(12-11-22)19(24)17-13-15-5-2-3-6-16(15)25-17/h2-3,5-8,17H,4,9-13H2,1H3/t17-/m0/s1. The summed E-state index contributed by atoms with van der Waals surface area (Å²) in [5, 5.41) is 8.40. The number of hydrogen-bond donors (Lipinski definition) is 0. The molecule has 1 amide bonds. The highest BCUT2D eigenvalue weighted by Gasteiger charge is 2.33. The molecule has 0 saturated carbocycles. The van der Waals surface area contributed by atoms with Crippen LogP contribution in [0.25, 0.3) is 0 Å². The maximum absolute atomic E-state index is 12.9. The van der Waals surface area contributed by atoms with Crippen molar-refractivity contribution >= 4 is 11.7 Å². The number of ether oxygens (including phenoxy) is 1. The van der Waals surface area contributed by atoms with Crippen LogP contribution < -0.4 is 9.64 Å². The average Bonchev–Trinajstić information content (AvgIpc) is 2.92. The fraction of sp³-hybridized carbons (Fsp3) is 0.421. The van der Waals surface area contributed by atoms with Gasteiger partial charge in [-0.15, -0.1) is 5.10 Å². The number of carbonyl (C=O) groups excluding carboxylic acids is 1. The first-order valence-electron chi connectivity index (χ1n) is 8.79. The average molecular weight is 338 g/mol. The van der Waals surface area contributed by atoms with Crippen molar-refractivity contribution in [1.29, 1.82) is 0 Å². The van der Waals surface area contributed by atoms with E-state index in [1.54, 1.807) is 0 Å². The van der Waals surface area contributed by atoms with Gasteiger partial charge in [-0.3, -0.25) is 4.79 Å². The Labute approximate surface area is 147 Å². The first kappa shape index (κ1) is 15.9. The van der Waals surface area contributed by atoms with Crippen LogP contribution in [0.1, 0.15) is 17.7 Å². The highest BCUT2D eigenvalue weighted by atomic mass is 16.5. The summed E-state index contributed by atoms with van der Waals surface area (Å²) in [6.45, 7) is 5.02. The highest BCUT2D eigenvalue weighted by Crippen LogP contribution is 2.29. The van der Waals surface area contributed by atoms with Crippen molar-refractivity contribution in [2.75, 3.05) is 31.1 Å². The third-order valence-electron chi connectivity index (χ3n) is 4.84. The lowest BCUT2D eigenvalue weighted by atomic mass is 10.1. The Bertz CT molecular complexity index is 737. The van der Waals surface area contributed by atoms with Crippen LogP contribution in [0.5, 0.6) is 5.75 Å². The molecule has 2 aromatic rings. The van der Waals surface area contributed by atoms with Gasteiger partial charge < -0.3 is 14.5 Å². The van der Waals surface area contributed by atoms with E-state index in [2.05, 4.69) is 15.1 Å². The van der Waals surface area contributed by atoms with Gasteiger partial charge in [-0.1, -0.05) is 18.2 Å². The van der Waals surface area contributed by atoms with E-state index in [0.29, 0.717) is 13.0 Å². The van der Waals surface area contributed by atoms with E-state index in [0.717, 1.165) is 48.9 Å². The molecule has 1 aromatic carbocycles. The quantitative estimate of drug-likeness (QED) is 0.836. The molecule has 0 spiro atoms. The molecule has 6 nitrogen and oxygen atoms in total.